The summed E-state index contributed by atoms with van der Waals surface area (Å²) in [6, 6.07) is 19.4. The number of carbonyl (C=O) groups is 2. The molecule has 1 aliphatic rings. The van der Waals surface area contributed by atoms with E-state index in [1.54, 1.807) is 6.08 Å². The van der Waals surface area contributed by atoms with E-state index in [-0.39, 0.29) is 10.7 Å². The first kappa shape index (κ1) is 20.8. The van der Waals surface area contributed by atoms with Crippen LogP contribution in [0.4, 0.5) is 5.69 Å². The van der Waals surface area contributed by atoms with Crippen molar-refractivity contribution in [3.63, 3.8) is 0 Å². The molecule has 3 aromatic rings. The number of benzene rings is 2. The molecule has 0 bridgehead atoms. The van der Waals surface area contributed by atoms with E-state index in [4.69, 9.17) is 12.2 Å². The summed E-state index contributed by atoms with van der Waals surface area (Å²) < 4.78 is 1.96. The van der Waals surface area contributed by atoms with Crippen LogP contribution in [0.1, 0.15) is 36.6 Å². The zero-order valence-corrected chi connectivity index (χ0v) is 18.4. The number of hydrogen-bond acceptors (Lipinski definition) is 3. The minimum atomic E-state index is -0.498. The molecule has 0 spiro atoms. The topological polar surface area (TPSA) is 54.3 Å². The Morgan fingerprint density at radius 2 is 1.68 bits per heavy atom. The molecule has 0 unspecified atom stereocenters. The van der Waals surface area contributed by atoms with Gasteiger partial charge in [0.15, 0.2) is 5.11 Å². The molecule has 1 N–H and O–H groups in total. The summed E-state index contributed by atoms with van der Waals surface area (Å²) in [5.74, 6) is -0.561. The van der Waals surface area contributed by atoms with E-state index in [1.165, 1.54) is 4.90 Å². The summed E-state index contributed by atoms with van der Waals surface area (Å²) in [4.78, 5) is 27.3. The van der Waals surface area contributed by atoms with Crippen molar-refractivity contribution in [3.05, 3.63) is 89.3 Å². The molecule has 1 aliphatic heterocycles. The number of hydrogen-bond donors (Lipinski definition) is 1. The summed E-state index contributed by atoms with van der Waals surface area (Å²) in [7, 11) is 0. The van der Waals surface area contributed by atoms with Gasteiger partial charge >= 0.3 is 0 Å². The fourth-order valence-corrected chi connectivity index (χ4v) is 3.89. The van der Waals surface area contributed by atoms with Gasteiger partial charge in [-0.25, -0.2) is 0 Å². The Kier molecular flexibility index (Phi) is 5.57. The minimum absolute atomic E-state index is 0.0371. The Morgan fingerprint density at radius 3 is 2.35 bits per heavy atom. The van der Waals surface area contributed by atoms with E-state index in [0.29, 0.717) is 11.6 Å². The Bertz CT molecular complexity index is 1210. The summed E-state index contributed by atoms with van der Waals surface area (Å²) in [5, 5.41) is 2.73. The van der Waals surface area contributed by atoms with Crippen LogP contribution in [-0.2, 0) is 9.59 Å². The third-order valence-corrected chi connectivity index (χ3v) is 5.65. The first-order valence-electron chi connectivity index (χ1n) is 10.1. The third-order valence-electron chi connectivity index (χ3n) is 5.37. The number of anilines is 1. The van der Waals surface area contributed by atoms with Crippen LogP contribution < -0.4 is 10.2 Å². The number of rotatable bonds is 4. The summed E-state index contributed by atoms with van der Waals surface area (Å²) in [6.07, 6.45) is 3.52. The highest BCUT2D eigenvalue weighted by Crippen LogP contribution is 2.25. The molecule has 1 fully saturated rings. The molecule has 0 radical (unpaired) electrons. The van der Waals surface area contributed by atoms with Gasteiger partial charge in [0, 0.05) is 17.6 Å². The highest BCUT2D eigenvalue weighted by atomic mass is 32.1. The largest absolute Gasteiger partial charge is 0.317 e. The van der Waals surface area contributed by atoms with Crippen LogP contribution in [0.2, 0.25) is 0 Å². The van der Waals surface area contributed by atoms with Crippen LogP contribution >= 0.6 is 12.2 Å². The molecule has 0 saturated carbocycles. The van der Waals surface area contributed by atoms with Crippen LogP contribution in [0.25, 0.3) is 11.8 Å². The van der Waals surface area contributed by atoms with Crippen molar-refractivity contribution in [3.8, 4) is 5.69 Å². The lowest BCUT2D eigenvalue weighted by molar-refractivity contribution is -0.122. The standard InChI is InChI=1S/C25H23N3O2S/c1-16(2)18-10-12-19(13-11-18)28-24(30)21(23(29)26-25(28)31)15-20-8-6-14-27(20)22-9-5-4-7-17(22)3/h4-16H,1-3H3,(H,26,29,31)/b21-15+. The van der Waals surface area contributed by atoms with Crippen molar-refractivity contribution < 1.29 is 9.59 Å². The average molecular weight is 430 g/mol. The summed E-state index contributed by atoms with van der Waals surface area (Å²) >= 11 is 5.31. The van der Waals surface area contributed by atoms with Gasteiger partial charge in [0.2, 0.25) is 0 Å². The van der Waals surface area contributed by atoms with E-state index in [0.717, 1.165) is 22.5 Å². The van der Waals surface area contributed by atoms with Crippen LogP contribution in [0.3, 0.4) is 0 Å². The van der Waals surface area contributed by atoms with Crippen molar-refractivity contribution in [2.24, 2.45) is 0 Å². The van der Waals surface area contributed by atoms with Gasteiger partial charge in [0.05, 0.1) is 5.69 Å². The molecule has 0 atom stereocenters. The van der Waals surface area contributed by atoms with Gasteiger partial charge in [0.25, 0.3) is 11.8 Å². The second-order valence-corrected chi connectivity index (χ2v) is 8.18. The van der Waals surface area contributed by atoms with Gasteiger partial charge in [-0.05, 0) is 72.6 Å². The van der Waals surface area contributed by atoms with Gasteiger partial charge in [-0.2, -0.15) is 0 Å². The monoisotopic (exact) mass is 429 g/mol. The lowest BCUT2D eigenvalue weighted by Gasteiger charge is -2.29. The molecule has 6 heteroatoms. The number of nitrogens with zero attached hydrogens (tertiary/aromatic N) is 2. The first-order chi connectivity index (χ1) is 14.9. The van der Waals surface area contributed by atoms with Crippen molar-refractivity contribution >= 4 is 40.9 Å². The molecule has 2 aromatic carbocycles. The maximum Gasteiger partial charge on any atom is 0.270 e. The number of nitrogens with one attached hydrogen (secondary N) is 1. The number of aromatic nitrogens is 1. The van der Waals surface area contributed by atoms with Gasteiger partial charge < -0.3 is 4.57 Å². The zero-order valence-electron chi connectivity index (χ0n) is 17.6. The number of amides is 2. The second-order valence-electron chi connectivity index (χ2n) is 7.79. The smallest absolute Gasteiger partial charge is 0.270 e. The molecule has 2 amide bonds. The minimum Gasteiger partial charge on any atom is -0.317 e. The van der Waals surface area contributed by atoms with Crippen molar-refractivity contribution in [2.75, 3.05) is 4.90 Å². The molecule has 31 heavy (non-hydrogen) atoms. The van der Waals surface area contributed by atoms with E-state index in [1.807, 2.05) is 78.4 Å². The quantitative estimate of drug-likeness (QED) is 0.370. The second kappa shape index (κ2) is 8.32. The number of para-hydroxylation sites is 1. The number of carbonyl (C=O) groups excluding carboxylic acids is 2. The van der Waals surface area contributed by atoms with E-state index in [2.05, 4.69) is 19.2 Å². The summed E-state index contributed by atoms with van der Waals surface area (Å²) in [5.41, 5.74) is 4.63. The SMILES string of the molecule is Cc1ccccc1-n1cccc1/C=C1\C(=O)NC(=S)N(c2ccc(C(C)C)cc2)C1=O. The number of aryl methyl sites for hydroxylation is 1. The Balaban J connectivity index is 1.73. The lowest BCUT2D eigenvalue weighted by Crippen LogP contribution is -2.54. The summed E-state index contributed by atoms with van der Waals surface area (Å²) in [6.45, 7) is 6.23. The first-order valence-corrected chi connectivity index (χ1v) is 10.5. The predicted octanol–water partition coefficient (Wildman–Crippen LogP) is 4.74. The fourth-order valence-electron chi connectivity index (χ4n) is 3.61. The van der Waals surface area contributed by atoms with Gasteiger partial charge in [-0.15, -0.1) is 0 Å². The van der Waals surface area contributed by atoms with Crippen LogP contribution in [0.5, 0.6) is 0 Å². The maximum absolute atomic E-state index is 13.3. The molecule has 5 nitrogen and oxygen atoms in total. The molecule has 4 rings (SSSR count). The Morgan fingerprint density at radius 1 is 0.968 bits per heavy atom. The predicted molar refractivity (Wildman–Crippen MR) is 127 cm³/mol. The average Bonchev–Trinajstić information content (AvgIpc) is 3.19. The lowest BCUT2D eigenvalue weighted by atomic mass is 10.0. The van der Waals surface area contributed by atoms with Crippen molar-refractivity contribution in [2.45, 2.75) is 26.7 Å². The van der Waals surface area contributed by atoms with Crippen molar-refractivity contribution in [1.29, 1.82) is 0 Å². The van der Waals surface area contributed by atoms with Gasteiger partial charge in [-0.1, -0.05) is 44.2 Å². The molecule has 1 aromatic heterocycles. The Labute approximate surface area is 187 Å². The molecular formula is C25H23N3O2S. The molecule has 156 valence electrons. The fraction of sp³-hybridized carbons (Fsp3) is 0.160. The van der Waals surface area contributed by atoms with Gasteiger partial charge in [0.1, 0.15) is 5.57 Å². The Hall–Kier alpha value is -3.51. The van der Waals surface area contributed by atoms with Crippen molar-refractivity contribution in [1.82, 2.24) is 9.88 Å². The zero-order chi connectivity index (χ0) is 22.1. The van der Waals surface area contributed by atoms with E-state index < -0.39 is 11.8 Å². The molecule has 2 heterocycles. The molecule has 1 saturated heterocycles. The maximum atomic E-state index is 13.3. The number of thiocarbonyl (C=S) groups is 1. The van der Waals surface area contributed by atoms with E-state index in [9.17, 15) is 9.59 Å². The van der Waals surface area contributed by atoms with Gasteiger partial charge in [-0.3, -0.25) is 19.8 Å². The molecular weight excluding hydrogens is 406 g/mol. The van der Waals surface area contributed by atoms with E-state index >= 15 is 0 Å². The highest BCUT2D eigenvalue weighted by molar-refractivity contribution is 7.80. The third kappa shape index (κ3) is 3.94. The van der Waals surface area contributed by atoms with Crippen LogP contribution in [0, 0.1) is 6.92 Å². The normalized spacial score (nSPS) is 15.7. The highest BCUT2D eigenvalue weighted by Gasteiger charge is 2.34. The van der Waals surface area contributed by atoms with Crippen LogP contribution in [0.15, 0.2) is 72.4 Å². The van der Waals surface area contributed by atoms with Crippen LogP contribution in [-0.4, -0.2) is 21.5 Å². The molecule has 0 aliphatic carbocycles.